The predicted molar refractivity (Wildman–Crippen MR) is 295 cm³/mol. The molecule has 390 valence electrons. The number of aromatic nitrogens is 2. The van der Waals surface area contributed by atoms with Crippen molar-refractivity contribution >= 4 is 22.9 Å². The quantitative estimate of drug-likeness (QED) is 0.0173. The number of unbranched alkanes of at least 4 members (excludes halogenated alkanes) is 31. The molecule has 0 bridgehead atoms. The fourth-order valence-corrected chi connectivity index (χ4v) is 10.0. The standard InChI is InChI=1S/C58H113N3O.BrH.N3.Na/c1-7-9-11-13-15-17-19-21-23-25-27-29-31-33-35-37-44-56(45-38-36-34-32-30-28-26-24-22-20-18-16-14-12-10-8-2)46-39-40-47-57(49-48-55(5)43-41-42-54(3)4)59-58(62)52-61-51-50-60(6)53-61;;1-3-2;/h50-51,53-57H,7-49,52H2,1-6H3;1H;;/q;;-1;+1/p+1. The predicted octanol–water partition coefficient (Wildman–Crippen LogP) is 17.0. The second kappa shape index (κ2) is 56.4. The summed E-state index contributed by atoms with van der Waals surface area (Å²) in [5, 5.41) is 3.49. The van der Waals surface area contributed by atoms with Crippen molar-refractivity contribution in [3.05, 3.63) is 34.7 Å². The number of hydrogen-bond acceptors (Lipinski definition) is 1. The number of halogens is 1. The monoisotopic (exact) mass is 1010 g/mol. The van der Waals surface area contributed by atoms with Gasteiger partial charge in [0.2, 0.25) is 6.33 Å². The van der Waals surface area contributed by atoms with Crippen LogP contribution in [0.4, 0.5) is 0 Å². The molecule has 2 unspecified atom stereocenters. The van der Waals surface area contributed by atoms with Crippen LogP contribution in [0.5, 0.6) is 0 Å². The number of aryl methyl sites for hydroxylation is 1. The van der Waals surface area contributed by atoms with Gasteiger partial charge in [0, 0.05) is 6.04 Å². The summed E-state index contributed by atoms with van der Waals surface area (Å²) in [4.78, 5) is 14.7. The number of hydrogen-bond donors (Lipinski definition) is 1. The number of carbonyl (C=O) groups excluding carboxylic acids is 1. The first kappa shape index (κ1) is 70.7. The third-order valence-corrected chi connectivity index (χ3v) is 14.3. The fourth-order valence-electron chi connectivity index (χ4n) is 10.0. The van der Waals surface area contributed by atoms with Gasteiger partial charge in [-0.25, -0.2) is 9.13 Å². The van der Waals surface area contributed by atoms with Gasteiger partial charge in [0.1, 0.15) is 12.4 Å². The molecule has 1 rings (SSSR count). The van der Waals surface area contributed by atoms with Gasteiger partial charge < -0.3 is 16.4 Å². The van der Waals surface area contributed by atoms with Crippen molar-refractivity contribution in [1.82, 2.24) is 9.88 Å². The Bertz CT molecular complexity index is 1120. The van der Waals surface area contributed by atoms with E-state index in [1.165, 1.54) is 268 Å². The summed E-state index contributed by atoms with van der Waals surface area (Å²) in [6.45, 7) is 12.2. The van der Waals surface area contributed by atoms with Crippen LogP contribution in [0.15, 0.2) is 18.7 Å². The van der Waals surface area contributed by atoms with E-state index in [-0.39, 0.29) is 52.4 Å². The maximum absolute atomic E-state index is 13.2. The van der Waals surface area contributed by atoms with Gasteiger partial charge in [0.15, 0.2) is 6.54 Å². The summed E-state index contributed by atoms with van der Waals surface area (Å²) < 4.78 is 4.02. The second-order valence-electron chi connectivity index (χ2n) is 21.4. The Morgan fingerprint density at radius 1 is 0.507 bits per heavy atom. The average molecular weight is 1020 g/mol. The van der Waals surface area contributed by atoms with Crippen molar-refractivity contribution in [2.75, 3.05) is 0 Å². The molecule has 0 saturated heterocycles. The molecule has 0 saturated carbocycles. The van der Waals surface area contributed by atoms with Crippen molar-refractivity contribution in [2.24, 2.45) is 24.8 Å². The first-order chi connectivity index (χ1) is 31.7. The summed E-state index contributed by atoms with van der Waals surface area (Å²) >= 11 is 0. The summed E-state index contributed by atoms with van der Waals surface area (Å²) in [6, 6.07) is 0.304. The zero-order valence-corrected chi connectivity index (χ0v) is 49.9. The normalized spacial score (nSPS) is 12.0. The number of rotatable bonds is 49. The van der Waals surface area contributed by atoms with E-state index in [9.17, 15) is 4.79 Å². The van der Waals surface area contributed by atoms with Gasteiger partial charge in [0.05, 0.1) is 7.05 Å². The molecule has 0 aliphatic rings. The Hall–Kier alpha value is -0.530. The minimum atomic E-state index is 0. The Kier molecular flexibility index (Phi) is 59.5. The number of nitrogens with one attached hydrogen (secondary N) is 1. The third kappa shape index (κ3) is 53.1. The zero-order chi connectivity index (χ0) is 47.7. The minimum absolute atomic E-state index is 0. The van der Waals surface area contributed by atoms with Crippen LogP contribution in [-0.2, 0) is 18.4 Å². The molecule has 0 aliphatic heterocycles. The molecular formula is C58H115BrN6NaO+. The topological polar surface area (TPSA) is 96.6 Å². The van der Waals surface area contributed by atoms with Crippen LogP contribution in [-0.4, -0.2) is 16.5 Å². The molecule has 9 heteroatoms. The molecule has 0 radical (unpaired) electrons. The molecular weight excluding hydrogens is 900 g/mol. The van der Waals surface area contributed by atoms with E-state index in [1.807, 2.05) is 34.9 Å². The minimum Gasteiger partial charge on any atom is -0.373 e. The van der Waals surface area contributed by atoms with E-state index >= 15 is 0 Å². The van der Waals surface area contributed by atoms with Gasteiger partial charge in [-0.1, -0.05) is 291 Å². The van der Waals surface area contributed by atoms with Crippen LogP contribution >= 0.6 is 17.0 Å². The van der Waals surface area contributed by atoms with Crippen LogP contribution in [0.25, 0.3) is 16.0 Å². The van der Waals surface area contributed by atoms with Gasteiger partial charge in [-0.3, -0.25) is 9.71 Å². The van der Waals surface area contributed by atoms with E-state index in [2.05, 4.69) is 39.9 Å². The first-order valence-corrected chi connectivity index (χ1v) is 29.0. The molecule has 1 heterocycles. The Balaban J connectivity index is -0.00000796. The van der Waals surface area contributed by atoms with E-state index in [4.69, 9.17) is 11.1 Å². The second-order valence-corrected chi connectivity index (χ2v) is 21.4. The number of nitrogens with zero attached hydrogens (tertiary/aromatic N) is 5. The molecule has 2 atom stereocenters. The Morgan fingerprint density at radius 3 is 1.19 bits per heavy atom. The van der Waals surface area contributed by atoms with Gasteiger partial charge in [-0.15, -0.1) is 17.0 Å². The van der Waals surface area contributed by atoms with Crippen LogP contribution in [0.1, 0.15) is 311 Å². The maximum atomic E-state index is 13.2. The van der Waals surface area contributed by atoms with Crippen molar-refractivity contribution in [2.45, 2.75) is 323 Å². The molecule has 7 nitrogen and oxygen atoms in total. The molecule has 0 aliphatic carbocycles. The molecule has 1 amide bonds. The van der Waals surface area contributed by atoms with Crippen molar-refractivity contribution in [3.63, 3.8) is 0 Å². The fraction of sp³-hybridized carbons (Fsp3) is 0.931. The van der Waals surface area contributed by atoms with Gasteiger partial charge in [-0.2, -0.15) is 0 Å². The number of amides is 1. The first-order valence-electron chi connectivity index (χ1n) is 29.0. The zero-order valence-electron chi connectivity index (χ0n) is 46.2. The van der Waals surface area contributed by atoms with Crippen molar-refractivity contribution in [3.8, 4) is 0 Å². The summed E-state index contributed by atoms with van der Waals surface area (Å²) in [5.41, 5.74) is 13.5. The molecule has 1 N–H and O–H groups in total. The maximum Gasteiger partial charge on any atom is 1.00 e. The molecule has 0 spiro atoms. The molecule has 0 fully saturated rings. The summed E-state index contributed by atoms with van der Waals surface area (Å²) in [7, 11) is 2.02. The van der Waals surface area contributed by atoms with Crippen LogP contribution < -0.4 is 39.4 Å². The van der Waals surface area contributed by atoms with Crippen molar-refractivity contribution < 1.29 is 38.9 Å². The van der Waals surface area contributed by atoms with Crippen LogP contribution in [0.2, 0.25) is 0 Å². The average Bonchev–Trinajstić information content (AvgIpc) is 3.69. The van der Waals surface area contributed by atoms with E-state index < -0.39 is 0 Å². The van der Waals surface area contributed by atoms with Gasteiger partial charge >= 0.3 is 29.6 Å². The Morgan fingerprint density at radius 2 is 0.851 bits per heavy atom. The van der Waals surface area contributed by atoms with Crippen LogP contribution in [0.3, 0.4) is 0 Å². The molecule has 1 aromatic heterocycles. The smallest absolute Gasteiger partial charge is 0.373 e. The van der Waals surface area contributed by atoms with Gasteiger partial charge in [0.25, 0.3) is 5.91 Å². The molecule has 0 aromatic carbocycles. The Labute approximate surface area is 451 Å². The molecule has 1 aromatic rings. The summed E-state index contributed by atoms with van der Waals surface area (Å²) in [5.74, 6) is 2.60. The number of carbonyl (C=O) groups is 1. The molecule has 67 heavy (non-hydrogen) atoms. The van der Waals surface area contributed by atoms with Gasteiger partial charge in [-0.05, 0) is 37.0 Å². The van der Waals surface area contributed by atoms with Crippen molar-refractivity contribution in [1.29, 1.82) is 0 Å². The SMILES string of the molecule is Br.CCCCCCCCCCCCCCCCCCC(CCCCCCCCCCCCCCCCCC)CCCCC(CCC(C)CCCC(C)C)NC(=O)Cn1cc[n+](C)c1.[N-]=[N+]=[N-].[Na+]. The number of imidazole rings is 1. The van der Waals surface area contributed by atoms with E-state index in [0.29, 0.717) is 12.6 Å². The third-order valence-electron chi connectivity index (χ3n) is 14.3. The van der Waals surface area contributed by atoms with Crippen LogP contribution in [0, 0.1) is 17.8 Å². The van der Waals surface area contributed by atoms with E-state index in [0.717, 1.165) is 30.6 Å². The summed E-state index contributed by atoms with van der Waals surface area (Å²) in [6.07, 6.45) is 66.7. The largest absolute Gasteiger partial charge is 1.00 e. The van der Waals surface area contributed by atoms with E-state index in [1.54, 1.807) is 0 Å².